The molecule has 0 atom stereocenters. The summed E-state index contributed by atoms with van der Waals surface area (Å²) in [6.45, 7) is 1.84. The molecule has 0 unspecified atom stereocenters. The topological polar surface area (TPSA) is 78.9 Å². The van der Waals surface area contributed by atoms with Gasteiger partial charge in [0.1, 0.15) is 5.57 Å². The number of carbonyl (C=O) groups excluding carboxylic acids is 2. The number of aryl methyl sites for hydroxylation is 1. The van der Waals surface area contributed by atoms with Crippen molar-refractivity contribution >= 4 is 51.1 Å². The van der Waals surface area contributed by atoms with Crippen molar-refractivity contribution in [3.63, 3.8) is 0 Å². The Morgan fingerprint density at radius 1 is 1.27 bits per heavy atom. The highest BCUT2D eigenvalue weighted by atomic mass is 79.9. The number of hydrogen-bond donors (Lipinski definition) is 2. The van der Waals surface area contributed by atoms with Gasteiger partial charge in [-0.3, -0.25) is 15.0 Å². The highest BCUT2D eigenvalue weighted by molar-refractivity contribution is 9.10. The largest absolute Gasteiger partial charge is 0.504 e. The molecule has 2 N–H and O–H groups in total. The van der Waals surface area contributed by atoms with Crippen molar-refractivity contribution in [2.75, 3.05) is 12.1 Å². The fourth-order valence-electron chi connectivity index (χ4n) is 2.48. The molecule has 1 aliphatic heterocycles. The Balaban J connectivity index is 2.01. The van der Waals surface area contributed by atoms with Crippen molar-refractivity contribution < 1.29 is 19.4 Å². The first kappa shape index (κ1) is 18.3. The summed E-state index contributed by atoms with van der Waals surface area (Å²) in [6.07, 6.45) is 1.32. The Labute approximate surface area is 163 Å². The van der Waals surface area contributed by atoms with E-state index in [1.807, 2.05) is 6.92 Å². The number of benzene rings is 2. The fourth-order valence-corrected chi connectivity index (χ4v) is 3.10. The van der Waals surface area contributed by atoms with Crippen LogP contribution in [0.3, 0.4) is 0 Å². The number of amides is 2. The molecule has 0 spiro atoms. The molecule has 6 nitrogen and oxygen atoms in total. The zero-order valence-electron chi connectivity index (χ0n) is 13.8. The van der Waals surface area contributed by atoms with Gasteiger partial charge in [-0.2, -0.15) is 0 Å². The summed E-state index contributed by atoms with van der Waals surface area (Å²) in [7, 11) is 1.41. The summed E-state index contributed by atoms with van der Waals surface area (Å²) in [5.41, 5.74) is 3.96. The van der Waals surface area contributed by atoms with Gasteiger partial charge in [-0.05, 0) is 42.8 Å². The van der Waals surface area contributed by atoms with E-state index in [0.717, 1.165) is 10.6 Å². The standard InChI is InChI=1S/C18H14BrClN2O4/c1-9-3-4-12(8-14(9)20)22-18(25)13(17(24)21-22)6-10-5-11(19)7-15(26-2)16(10)23/h3-8,23H,1-2H3,(H,21,24)/b13-6+. The third-order valence-electron chi connectivity index (χ3n) is 3.89. The Morgan fingerprint density at radius 2 is 2.00 bits per heavy atom. The van der Waals surface area contributed by atoms with Crippen LogP contribution in [0, 0.1) is 6.92 Å². The fraction of sp³-hybridized carbons (Fsp3) is 0.111. The van der Waals surface area contributed by atoms with Gasteiger partial charge in [-0.15, -0.1) is 0 Å². The maximum Gasteiger partial charge on any atom is 0.282 e. The van der Waals surface area contributed by atoms with E-state index in [-0.39, 0.29) is 22.6 Å². The summed E-state index contributed by atoms with van der Waals surface area (Å²) in [4.78, 5) is 25.0. The number of nitrogens with zero attached hydrogens (tertiary/aromatic N) is 1. The SMILES string of the molecule is COc1cc(Br)cc(/C=C2\C(=O)NN(c3ccc(C)c(Cl)c3)C2=O)c1O. The molecule has 1 aliphatic rings. The van der Waals surface area contributed by atoms with Gasteiger partial charge in [0.2, 0.25) is 0 Å². The van der Waals surface area contributed by atoms with E-state index in [4.69, 9.17) is 16.3 Å². The lowest BCUT2D eigenvalue weighted by Gasteiger charge is -2.15. The quantitative estimate of drug-likeness (QED) is 0.568. The number of phenolic OH excluding ortho intramolecular Hbond substituents is 1. The molecule has 2 aromatic rings. The molecule has 1 fully saturated rings. The second-order valence-corrected chi connectivity index (χ2v) is 6.94. The first-order valence-electron chi connectivity index (χ1n) is 7.51. The smallest absolute Gasteiger partial charge is 0.282 e. The Bertz CT molecular complexity index is 958. The number of ether oxygens (including phenoxy) is 1. The summed E-state index contributed by atoms with van der Waals surface area (Å²) >= 11 is 9.40. The molecule has 0 aromatic heterocycles. The van der Waals surface area contributed by atoms with E-state index in [1.54, 1.807) is 30.3 Å². The number of anilines is 1. The monoisotopic (exact) mass is 436 g/mol. The summed E-state index contributed by atoms with van der Waals surface area (Å²) in [5.74, 6) is -1.07. The molecule has 26 heavy (non-hydrogen) atoms. The lowest BCUT2D eigenvalue weighted by atomic mass is 10.1. The molecule has 1 heterocycles. The molecular formula is C18H14BrClN2O4. The zero-order chi connectivity index (χ0) is 19.0. The second-order valence-electron chi connectivity index (χ2n) is 5.62. The minimum atomic E-state index is -0.579. The highest BCUT2D eigenvalue weighted by Crippen LogP contribution is 2.35. The van der Waals surface area contributed by atoms with Crippen LogP contribution in [0.5, 0.6) is 11.5 Å². The molecule has 8 heteroatoms. The van der Waals surface area contributed by atoms with Crippen LogP contribution in [-0.4, -0.2) is 24.0 Å². The van der Waals surface area contributed by atoms with Crippen molar-refractivity contribution in [3.05, 3.63) is 56.5 Å². The average molecular weight is 438 g/mol. The number of nitrogens with one attached hydrogen (secondary N) is 1. The third-order valence-corrected chi connectivity index (χ3v) is 4.76. The molecule has 1 saturated heterocycles. The van der Waals surface area contributed by atoms with E-state index in [9.17, 15) is 14.7 Å². The van der Waals surface area contributed by atoms with Gasteiger partial charge < -0.3 is 9.84 Å². The van der Waals surface area contributed by atoms with Crippen LogP contribution in [0.4, 0.5) is 5.69 Å². The summed E-state index contributed by atoms with van der Waals surface area (Å²) < 4.78 is 5.71. The lowest BCUT2D eigenvalue weighted by Crippen LogP contribution is -2.35. The average Bonchev–Trinajstić information content (AvgIpc) is 2.88. The second kappa shape index (κ2) is 7.01. The van der Waals surface area contributed by atoms with Gasteiger partial charge in [0.25, 0.3) is 11.8 Å². The van der Waals surface area contributed by atoms with Gasteiger partial charge in [0, 0.05) is 15.1 Å². The molecular weight excluding hydrogens is 424 g/mol. The normalized spacial score (nSPS) is 15.5. The Kier molecular flexibility index (Phi) is 4.93. The van der Waals surface area contributed by atoms with E-state index >= 15 is 0 Å². The van der Waals surface area contributed by atoms with Crippen LogP contribution in [-0.2, 0) is 9.59 Å². The van der Waals surface area contributed by atoms with Crippen LogP contribution in [0.1, 0.15) is 11.1 Å². The molecule has 0 bridgehead atoms. The van der Waals surface area contributed by atoms with Gasteiger partial charge in [-0.1, -0.05) is 33.6 Å². The maximum absolute atomic E-state index is 12.7. The maximum atomic E-state index is 12.7. The lowest BCUT2D eigenvalue weighted by molar-refractivity contribution is -0.117. The van der Waals surface area contributed by atoms with Gasteiger partial charge in [-0.25, -0.2) is 5.01 Å². The van der Waals surface area contributed by atoms with Gasteiger partial charge in [0.15, 0.2) is 11.5 Å². The highest BCUT2D eigenvalue weighted by Gasteiger charge is 2.35. The van der Waals surface area contributed by atoms with E-state index in [0.29, 0.717) is 15.2 Å². The molecule has 3 rings (SSSR count). The van der Waals surface area contributed by atoms with Gasteiger partial charge in [0.05, 0.1) is 12.8 Å². The van der Waals surface area contributed by atoms with Crippen molar-refractivity contribution in [1.82, 2.24) is 5.43 Å². The van der Waals surface area contributed by atoms with Crippen LogP contribution < -0.4 is 15.2 Å². The summed E-state index contributed by atoms with van der Waals surface area (Å²) in [6, 6.07) is 8.19. The van der Waals surface area contributed by atoms with Crippen molar-refractivity contribution in [3.8, 4) is 11.5 Å². The molecule has 2 amide bonds. The van der Waals surface area contributed by atoms with Crippen LogP contribution >= 0.6 is 27.5 Å². The van der Waals surface area contributed by atoms with Crippen molar-refractivity contribution in [2.45, 2.75) is 6.92 Å². The molecule has 0 aliphatic carbocycles. The minimum absolute atomic E-state index is 0.114. The van der Waals surface area contributed by atoms with Crippen LogP contribution in [0.2, 0.25) is 5.02 Å². The number of carbonyl (C=O) groups is 2. The van der Waals surface area contributed by atoms with E-state index in [1.165, 1.54) is 13.2 Å². The predicted octanol–water partition coefficient (Wildman–Crippen LogP) is 3.59. The van der Waals surface area contributed by atoms with Crippen LogP contribution in [0.15, 0.2) is 40.4 Å². The van der Waals surface area contributed by atoms with E-state index in [2.05, 4.69) is 21.4 Å². The predicted molar refractivity (Wildman–Crippen MR) is 102 cm³/mol. The molecule has 0 radical (unpaired) electrons. The first-order valence-corrected chi connectivity index (χ1v) is 8.68. The molecule has 0 saturated carbocycles. The number of hydrogen-bond acceptors (Lipinski definition) is 4. The first-order chi connectivity index (χ1) is 12.3. The molecule has 134 valence electrons. The minimum Gasteiger partial charge on any atom is -0.504 e. The van der Waals surface area contributed by atoms with E-state index < -0.39 is 11.8 Å². The zero-order valence-corrected chi connectivity index (χ0v) is 16.2. The van der Waals surface area contributed by atoms with Crippen molar-refractivity contribution in [1.29, 1.82) is 0 Å². The Morgan fingerprint density at radius 3 is 2.65 bits per heavy atom. The molecule has 2 aromatic carbocycles. The number of aromatic hydroxyl groups is 1. The number of phenols is 1. The number of hydrazine groups is 1. The number of halogens is 2. The number of methoxy groups -OCH3 is 1. The van der Waals surface area contributed by atoms with Crippen molar-refractivity contribution in [2.24, 2.45) is 0 Å². The number of rotatable bonds is 3. The van der Waals surface area contributed by atoms with Gasteiger partial charge >= 0.3 is 0 Å². The Hall–Kier alpha value is -2.51. The van der Waals surface area contributed by atoms with Crippen LogP contribution in [0.25, 0.3) is 6.08 Å². The third kappa shape index (κ3) is 3.27. The summed E-state index contributed by atoms with van der Waals surface area (Å²) in [5, 5.41) is 11.8.